The zero-order chi connectivity index (χ0) is 13.5. The van der Waals surface area contributed by atoms with Crippen LogP contribution < -0.4 is 10.6 Å². The summed E-state index contributed by atoms with van der Waals surface area (Å²) in [5, 5.41) is 14.8. The molecule has 4 nitrogen and oxygen atoms in total. The smallest absolute Gasteiger partial charge is 0.241 e. The van der Waals surface area contributed by atoms with Crippen molar-refractivity contribution in [3.63, 3.8) is 0 Å². The van der Waals surface area contributed by atoms with Gasteiger partial charge in [-0.1, -0.05) is 24.6 Å². The molecule has 0 saturated heterocycles. The molecule has 1 amide bonds. The van der Waals surface area contributed by atoms with Crippen LogP contribution in [0.4, 0.5) is 5.69 Å². The van der Waals surface area contributed by atoms with Crippen LogP contribution in [0.25, 0.3) is 0 Å². The van der Waals surface area contributed by atoms with Crippen molar-refractivity contribution in [1.29, 1.82) is 0 Å². The van der Waals surface area contributed by atoms with Crippen LogP contribution in [0.15, 0.2) is 24.3 Å². The third kappa shape index (κ3) is 4.85. The summed E-state index contributed by atoms with van der Waals surface area (Å²) in [6, 6.07) is 7.41. The lowest BCUT2D eigenvalue weighted by Crippen LogP contribution is -2.40. The van der Waals surface area contributed by atoms with Crippen molar-refractivity contribution in [2.75, 3.05) is 18.5 Å². The highest BCUT2D eigenvalue weighted by molar-refractivity contribution is 5.94. The Morgan fingerprint density at radius 2 is 1.89 bits per heavy atom. The van der Waals surface area contributed by atoms with E-state index in [-0.39, 0.29) is 24.5 Å². The second-order valence-corrected chi connectivity index (χ2v) is 4.77. The zero-order valence-electron chi connectivity index (χ0n) is 11.2. The molecule has 4 heteroatoms. The Balaban J connectivity index is 2.42. The molecule has 0 aliphatic rings. The molecule has 0 aromatic heterocycles. The predicted molar refractivity (Wildman–Crippen MR) is 73.5 cm³/mol. The number of anilines is 1. The number of aryl methyl sites for hydroxylation is 1. The average molecular weight is 250 g/mol. The Kier molecular flexibility index (Phi) is 5.82. The molecule has 0 saturated carbocycles. The predicted octanol–water partition coefficient (Wildman–Crippen LogP) is 1.54. The third-order valence-corrected chi connectivity index (χ3v) is 2.80. The Bertz CT molecular complexity index is 376. The van der Waals surface area contributed by atoms with E-state index in [1.54, 1.807) is 0 Å². The minimum Gasteiger partial charge on any atom is -0.396 e. The van der Waals surface area contributed by atoms with Crippen LogP contribution >= 0.6 is 0 Å². The van der Waals surface area contributed by atoms with Gasteiger partial charge in [-0.15, -0.1) is 0 Å². The van der Waals surface area contributed by atoms with Crippen molar-refractivity contribution >= 4 is 11.6 Å². The zero-order valence-corrected chi connectivity index (χ0v) is 11.2. The van der Waals surface area contributed by atoms with Crippen LogP contribution in [0.2, 0.25) is 0 Å². The van der Waals surface area contributed by atoms with Crippen LogP contribution in [-0.4, -0.2) is 30.2 Å². The maximum atomic E-state index is 11.9. The fourth-order valence-electron chi connectivity index (χ4n) is 1.42. The van der Waals surface area contributed by atoms with E-state index < -0.39 is 0 Å². The summed E-state index contributed by atoms with van der Waals surface area (Å²) in [7, 11) is 0. The number of hydrogen-bond acceptors (Lipinski definition) is 3. The van der Waals surface area contributed by atoms with Crippen molar-refractivity contribution in [2.45, 2.75) is 26.8 Å². The molecule has 0 fully saturated rings. The standard InChI is InChI=1S/C14H22N2O2/c1-10-4-6-13(7-5-10)16-14(18)12(3)15-8-11(2)9-17/h4-7,11-12,15,17H,8-9H2,1-3H3,(H,16,18). The maximum Gasteiger partial charge on any atom is 0.241 e. The Labute approximate surface area is 108 Å². The molecule has 2 unspecified atom stereocenters. The van der Waals surface area contributed by atoms with Gasteiger partial charge in [0, 0.05) is 18.8 Å². The highest BCUT2D eigenvalue weighted by Crippen LogP contribution is 2.08. The molecule has 3 N–H and O–H groups in total. The van der Waals surface area contributed by atoms with E-state index in [9.17, 15) is 4.79 Å². The average Bonchev–Trinajstić information content (AvgIpc) is 2.38. The molecule has 1 aromatic carbocycles. The first kappa shape index (κ1) is 14.7. The van der Waals surface area contributed by atoms with Gasteiger partial charge >= 0.3 is 0 Å². The van der Waals surface area contributed by atoms with Crippen molar-refractivity contribution in [2.24, 2.45) is 5.92 Å². The highest BCUT2D eigenvalue weighted by atomic mass is 16.3. The Morgan fingerprint density at radius 1 is 1.28 bits per heavy atom. The molecule has 18 heavy (non-hydrogen) atoms. The highest BCUT2D eigenvalue weighted by Gasteiger charge is 2.13. The van der Waals surface area contributed by atoms with Gasteiger partial charge in [0.15, 0.2) is 0 Å². The number of hydrogen-bond donors (Lipinski definition) is 3. The monoisotopic (exact) mass is 250 g/mol. The Hall–Kier alpha value is -1.39. The fourth-order valence-corrected chi connectivity index (χ4v) is 1.42. The molecule has 2 atom stereocenters. The van der Waals surface area contributed by atoms with E-state index in [0.29, 0.717) is 6.54 Å². The lowest BCUT2D eigenvalue weighted by molar-refractivity contribution is -0.117. The van der Waals surface area contributed by atoms with Gasteiger partial charge in [0.05, 0.1) is 6.04 Å². The third-order valence-electron chi connectivity index (χ3n) is 2.80. The number of aliphatic hydroxyl groups excluding tert-OH is 1. The minimum absolute atomic E-state index is 0.0657. The van der Waals surface area contributed by atoms with Gasteiger partial charge in [0.25, 0.3) is 0 Å². The largest absolute Gasteiger partial charge is 0.396 e. The van der Waals surface area contributed by atoms with Gasteiger partial charge in [0.2, 0.25) is 5.91 Å². The van der Waals surface area contributed by atoms with Gasteiger partial charge in [-0.3, -0.25) is 4.79 Å². The number of benzene rings is 1. The normalized spacial score (nSPS) is 14.0. The molecule has 1 aromatic rings. The molecule has 100 valence electrons. The van der Waals surface area contributed by atoms with Gasteiger partial charge in [-0.2, -0.15) is 0 Å². The van der Waals surface area contributed by atoms with Gasteiger partial charge in [0.1, 0.15) is 0 Å². The van der Waals surface area contributed by atoms with Gasteiger partial charge < -0.3 is 15.7 Å². The van der Waals surface area contributed by atoms with Crippen LogP contribution in [0.3, 0.4) is 0 Å². The van der Waals surface area contributed by atoms with E-state index in [4.69, 9.17) is 5.11 Å². The molecule has 0 heterocycles. The number of amides is 1. The van der Waals surface area contributed by atoms with Crippen LogP contribution in [0.5, 0.6) is 0 Å². The van der Waals surface area contributed by atoms with Crippen molar-refractivity contribution in [3.05, 3.63) is 29.8 Å². The molecule has 1 rings (SSSR count). The summed E-state index contributed by atoms with van der Waals surface area (Å²) in [5.41, 5.74) is 1.96. The van der Waals surface area contributed by atoms with Crippen LogP contribution in [0, 0.1) is 12.8 Å². The molecular weight excluding hydrogens is 228 g/mol. The molecule has 0 aliphatic heterocycles. The second-order valence-electron chi connectivity index (χ2n) is 4.77. The lowest BCUT2D eigenvalue weighted by Gasteiger charge is -2.16. The summed E-state index contributed by atoms with van der Waals surface area (Å²) in [4.78, 5) is 11.9. The maximum absolute atomic E-state index is 11.9. The SMILES string of the molecule is Cc1ccc(NC(=O)C(C)NCC(C)CO)cc1. The number of rotatable bonds is 6. The number of carbonyl (C=O) groups excluding carboxylic acids is 1. The summed E-state index contributed by atoms with van der Waals surface area (Å²) in [5.74, 6) is 0.0867. The van der Waals surface area contributed by atoms with E-state index in [1.807, 2.05) is 45.0 Å². The number of nitrogens with one attached hydrogen (secondary N) is 2. The minimum atomic E-state index is -0.277. The first-order valence-corrected chi connectivity index (χ1v) is 6.24. The first-order chi connectivity index (χ1) is 8.52. The van der Waals surface area contributed by atoms with E-state index in [1.165, 1.54) is 0 Å². The molecule has 0 aliphatic carbocycles. The summed E-state index contributed by atoms with van der Waals surface area (Å²) < 4.78 is 0. The second kappa shape index (κ2) is 7.13. The van der Waals surface area contributed by atoms with Crippen LogP contribution in [-0.2, 0) is 4.79 Å². The van der Waals surface area contributed by atoms with Crippen molar-refractivity contribution in [3.8, 4) is 0 Å². The molecule has 0 radical (unpaired) electrons. The van der Waals surface area contributed by atoms with Gasteiger partial charge in [-0.05, 0) is 31.9 Å². The van der Waals surface area contributed by atoms with E-state index >= 15 is 0 Å². The summed E-state index contributed by atoms with van der Waals surface area (Å²) >= 11 is 0. The fraction of sp³-hybridized carbons (Fsp3) is 0.500. The molecule has 0 spiro atoms. The lowest BCUT2D eigenvalue weighted by atomic mass is 10.2. The molecular formula is C14H22N2O2. The number of carbonyl (C=O) groups is 1. The van der Waals surface area contributed by atoms with E-state index in [0.717, 1.165) is 11.3 Å². The number of aliphatic hydroxyl groups is 1. The first-order valence-electron chi connectivity index (χ1n) is 6.24. The van der Waals surface area contributed by atoms with Crippen LogP contribution in [0.1, 0.15) is 19.4 Å². The quantitative estimate of drug-likeness (QED) is 0.717. The summed E-state index contributed by atoms with van der Waals surface area (Å²) in [6.07, 6.45) is 0. The molecule has 0 bridgehead atoms. The van der Waals surface area contributed by atoms with Gasteiger partial charge in [-0.25, -0.2) is 0 Å². The summed E-state index contributed by atoms with van der Waals surface area (Å²) in [6.45, 7) is 6.50. The van der Waals surface area contributed by atoms with Crippen molar-refractivity contribution in [1.82, 2.24) is 5.32 Å². The van der Waals surface area contributed by atoms with E-state index in [2.05, 4.69) is 10.6 Å². The Morgan fingerprint density at radius 3 is 2.44 bits per heavy atom. The topological polar surface area (TPSA) is 61.4 Å². The van der Waals surface area contributed by atoms with Crippen molar-refractivity contribution < 1.29 is 9.90 Å².